The van der Waals surface area contributed by atoms with Crippen LogP contribution in [0.5, 0.6) is 11.5 Å². The Labute approximate surface area is 183 Å². The van der Waals surface area contributed by atoms with E-state index in [9.17, 15) is 10.1 Å². The number of ether oxygens (including phenoxy) is 2. The quantitative estimate of drug-likeness (QED) is 0.783. The van der Waals surface area contributed by atoms with Crippen molar-refractivity contribution in [3.63, 3.8) is 0 Å². The SMILES string of the molecule is COc1ccc(NC(=O)N2CCN(c3ccccc3C#N)CC2)cc1OC1CCCC1. The summed E-state index contributed by atoms with van der Waals surface area (Å²) in [6.45, 7) is 2.55. The van der Waals surface area contributed by atoms with E-state index in [2.05, 4.69) is 16.3 Å². The van der Waals surface area contributed by atoms with Gasteiger partial charge >= 0.3 is 6.03 Å². The molecule has 4 rings (SSSR count). The highest BCUT2D eigenvalue weighted by Crippen LogP contribution is 2.34. The van der Waals surface area contributed by atoms with Gasteiger partial charge in [-0.15, -0.1) is 0 Å². The van der Waals surface area contributed by atoms with Crippen LogP contribution >= 0.6 is 0 Å². The van der Waals surface area contributed by atoms with E-state index < -0.39 is 0 Å². The molecule has 0 radical (unpaired) electrons. The van der Waals surface area contributed by atoms with E-state index in [0.717, 1.165) is 18.5 Å². The molecule has 0 unspecified atom stereocenters. The van der Waals surface area contributed by atoms with Crippen molar-refractivity contribution >= 4 is 17.4 Å². The maximum atomic E-state index is 12.8. The van der Waals surface area contributed by atoms with Crippen molar-refractivity contribution < 1.29 is 14.3 Å². The minimum atomic E-state index is -0.134. The lowest BCUT2D eigenvalue weighted by Gasteiger charge is -2.36. The highest BCUT2D eigenvalue weighted by Gasteiger charge is 2.23. The average molecular weight is 421 g/mol. The molecule has 162 valence electrons. The second kappa shape index (κ2) is 9.61. The maximum Gasteiger partial charge on any atom is 0.321 e. The number of carbonyl (C=O) groups is 1. The van der Waals surface area contributed by atoms with Crippen molar-refractivity contribution in [3.05, 3.63) is 48.0 Å². The van der Waals surface area contributed by atoms with Gasteiger partial charge in [0.1, 0.15) is 6.07 Å². The number of nitriles is 1. The van der Waals surface area contributed by atoms with Gasteiger partial charge in [0.25, 0.3) is 0 Å². The van der Waals surface area contributed by atoms with Gasteiger partial charge in [0.2, 0.25) is 0 Å². The van der Waals surface area contributed by atoms with Crippen LogP contribution in [0.4, 0.5) is 16.2 Å². The van der Waals surface area contributed by atoms with Gasteiger partial charge in [0.15, 0.2) is 11.5 Å². The van der Waals surface area contributed by atoms with Crippen molar-refractivity contribution in [1.82, 2.24) is 4.90 Å². The van der Waals surface area contributed by atoms with Gasteiger partial charge in [0, 0.05) is 37.9 Å². The van der Waals surface area contributed by atoms with Crippen LogP contribution in [-0.2, 0) is 0 Å². The second-order valence-electron chi connectivity index (χ2n) is 7.92. The lowest BCUT2D eigenvalue weighted by Crippen LogP contribution is -2.50. The molecule has 1 aliphatic heterocycles. The van der Waals surface area contributed by atoms with E-state index in [1.54, 1.807) is 12.0 Å². The van der Waals surface area contributed by atoms with E-state index in [-0.39, 0.29) is 12.1 Å². The second-order valence-corrected chi connectivity index (χ2v) is 7.92. The highest BCUT2D eigenvalue weighted by atomic mass is 16.5. The van der Waals surface area contributed by atoms with E-state index >= 15 is 0 Å². The molecule has 1 heterocycles. The molecule has 7 nitrogen and oxygen atoms in total. The summed E-state index contributed by atoms with van der Waals surface area (Å²) in [5, 5.41) is 12.3. The Kier molecular flexibility index (Phi) is 6.46. The molecule has 1 saturated heterocycles. The van der Waals surface area contributed by atoms with Crippen LogP contribution in [0, 0.1) is 11.3 Å². The Morgan fingerprint density at radius 1 is 1.06 bits per heavy atom. The van der Waals surface area contributed by atoms with Crippen LogP contribution in [0.15, 0.2) is 42.5 Å². The zero-order valence-corrected chi connectivity index (χ0v) is 17.8. The average Bonchev–Trinajstić information content (AvgIpc) is 3.32. The molecule has 2 fully saturated rings. The van der Waals surface area contributed by atoms with Crippen molar-refractivity contribution in [2.45, 2.75) is 31.8 Å². The molecular formula is C24H28N4O3. The number of methoxy groups -OCH3 is 1. The summed E-state index contributed by atoms with van der Waals surface area (Å²) in [7, 11) is 1.62. The monoisotopic (exact) mass is 420 g/mol. The molecule has 2 aliphatic rings. The number of rotatable bonds is 5. The van der Waals surface area contributed by atoms with Gasteiger partial charge in [-0.05, 0) is 49.9 Å². The molecule has 2 aromatic carbocycles. The van der Waals surface area contributed by atoms with E-state index in [4.69, 9.17) is 9.47 Å². The molecule has 1 aliphatic carbocycles. The van der Waals surface area contributed by atoms with Crippen LogP contribution < -0.4 is 19.7 Å². The lowest BCUT2D eigenvalue weighted by molar-refractivity contribution is 0.201. The largest absolute Gasteiger partial charge is 0.493 e. The first-order valence-corrected chi connectivity index (χ1v) is 10.8. The summed E-state index contributed by atoms with van der Waals surface area (Å²) in [6, 6.07) is 15.2. The predicted octanol–water partition coefficient (Wildman–Crippen LogP) is 4.24. The molecule has 2 aromatic rings. The number of benzene rings is 2. The third-order valence-corrected chi connectivity index (χ3v) is 5.94. The first-order chi connectivity index (χ1) is 15.2. The van der Waals surface area contributed by atoms with Crippen LogP contribution in [0.25, 0.3) is 0 Å². The Morgan fingerprint density at radius 3 is 2.52 bits per heavy atom. The number of anilines is 2. The summed E-state index contributed by atoms with van der Waals surface area (Å²) in [4.78, 5) is 16.8. The standard InChI is InChI=1S/C24H28N4O3/c1-30-22-11-10-19(16-23(22)31-20-7-3-4-8-20)26-24(29)28-14-12-27(13-15-28)21-9-5-2-6-18(21)17-25/h2,5-6,9-11,16,20H,3-4,7-8,12-15H2,1H3,(H,26,29). The summed E-state index contributed by atoms with van der Waals surface area (Å²) >= 11 is 0. The fraction of sp³-hybridized carbons (Fsp3) is 0.417. The van der Waals surface area contributed by atoms with Crippen LogP contribution in [0.2, 0.25) is 0 Å². The topological polar surface area (TPSA) is 77.8 Å². The minimum absolute atomic E-state index is 0.134. The van der Waals surface area contributed by atoms with Crippen LogP contribution in [0.1, 0.15) is 31.2 Å². The van der Waals surface area contributed by atoms with Crippen molar-refractivity contribution in [1.29, 1.82) is 5.26 Å². The van der Waals surface area contributed by atoms with E-state index in [0.29, 0.717) is 48.9 Å². The number of carbonyl (C=O) groups excluding carboxylic acids is 1. The maximum absolute atomic E-state index is 12.8. The smallest absolute Gasteiger partial charge is 0.321 e. The van der Waals surface area contributed by atoms with Crippen molar-refractivity contribution in [2.75, 3.05) is 43.5 Å². The fourth-order valence-corrected chi connectivity index (χ4v) is 4.23. The fourth-order valence-electron chi connectivity index (χ4n) is 4.23. The van der Waals surface area contributed by atoms with E-state index in [1.165, 1.54) is 12.8 Å². The molecule has 0 aromatic heterocycles. The molecule has 1 saturated carbocycles. The molecule has 0 bridgehead atoms. The Morgan fingerprint density at radius 2 is 1.81 bits per heavy atom. The van der Waals surface area contributed by atoms with Gasteiger partial charge in [-0.25, -0.2) is 4.79 Å². The Hall–Kier alpha value is -3.40. The summed E-state index contributed by atoms with van der Waals surface area (Å²) in [5.74, 6) is 1.35. The van der Waals surface area contributed by atoms with Gasteiger partial charge in [-0.1, -0.05) is 12.1 Å². The predicted molar refractivity (Wildman–Crippen MR) is 120 cm³/mol. The number of amides is 2. The van der Waals surface area contributed by atoms with Crippen molar-refractivity contribution in [2.24, 2.45) is 0 Å². The third-order valence-electron chi connectivity index (χ3n) is 5.94. The zero-order valence-electron chi connectivity index (χ0n) is 17.8. The Balaban J connectivity index is 1.37. The zero-order chi connectivity index (χ0) is 21.6. The third kappa shape index (κ3) is 4.85. The van der Waals surface area contributed by atoms with Gasteiger partial charge < -0.3 is 24.6 Å². The molecular weight excluding hydrogens is 392 g/mol. The normalized spacial score (nSPS) is 16.6. The first-order valence-electron chi connectivity index (χ1n) is 10.8. The number of urea groups is 1. The number of nitrogens with one attached hydrogen (secondary N) is 1. The van der Waals surface area contributed by atoms with Crippen LogP contribution in [0.3, 0.4) is 0 Å². The molecule has 7 heteroatoms. The van der Waals surface area contributed by atoms with Crippen LogP contribution in [-0.4, -0.2) is 50.3 Å². The molecule has 0 atom stereocenters. The molecule has 0 spiro atoms. The number of piperazine rings is 1. The first kappa shape index (κ1) is 20.9. The molecule has 1 N–H and O–H groups in total. The Bertz CT molecular complexity index is 958. The van der Waals surface area contributed by atoms with Crippen molar-refractivity contribution in [3.8, 4) is 17.6 Å². The number of hydrogen-bond acceptors (Lipinski definition) is 5. The van der Waals surface area contributed by atoms with Gasteiger partial charge in [0.05, 0.1) is 24.5 Å². The van der Waals surface area contributed by atoms with E-state index in [1.807, 2.05) is 42.5 Å². The molecule has 31 heavy (non-hydrogen) atoms. The number of nitrogens with zero attached hydrogens (tertiary/aromatic N) is 3. The van der Waals surface area contributed by atoms with Gasteiger partial charge in [-0.2, -0.15) is 5.26 Å². The molecule has 2 amide bonds. The van der Waals surface area contributed by atoms with Gasteiger partial charge in [-0.3, -0.25) is 0 Å². The summed E-state index contributed by atoms with van der Waals surface area (Å²) in [5.41, 5.74) is 2.28. The summed E-state index contributed by atoms with van der Waals surface area (Å²) < 4.78 is 11.6. The number of hydrogen-bond donors (Lipinski definition) is 1. The minimum Gasteiger partial charge on any atom is -0.493 e. The number of para-hydroxylation sites is 1. The summed E-state index contributed by atoms with van der Waals surface area (Å²) in [6.07, 6.45) is 4.70. The highest BCUT2D eigenvalue weighted by molar-refractivity contribution is 5.90. The lowest BCUT2D eigenvalue weighted by atomic mass is 10.1.